The Bertz CT molecular complexity index is 135. The lowest BCUT2D eigenvalue weighted by molar-refractivity contribution is 0.886. The van der Waals surface area contributed by atoms with Gasteiger partial charge in [-0.1, -0.05) is 101 Å². The molecule has 0 atom stereocenters. The SMILES string of the molecule is C#C.C#CC.C1=CCC1.CC.CC.CC.CCC.CCCC. The maximum atomic E-state index is 4.60. The summed E-state index contributed by atoms with van der Waals surface area (Å²) in [6, 6.07) is 0. The molecule has 0 spiro atoms. The first-order chi connectivity index (χ1) is 10.7. The highest BCUT2D eigenvalue weighted by molar-refractivity contribution is 4.92. The third kappa shape index (κ3) is 404. The first-order valence-corrected chi connectivity index (χ1v) is 9.10. The Hall–Kier alpha value is -1.14. The number of allylic oxidation sites excluding steroid dienone is 2. The van der Waals surface area contributed by atoms with E-state index in [1.165, 1.54) is 32.1 Å². The molecule has 0 radical (unpaired) electrons. The third-order valence-electron chi connectivity index (χ3n) is 1.17. The summed E-state index contributed by atoms with van der Waals surface area (Å²) >= 11 is 0. The second-order valence-electron chi connectivity index (χ2n) is 3.04. The lowest BCUT2D eigenvalue weighted by Crippen LogP contribution is -1.71. The third-order valence-corrected chi connectivity index (χ3v) is 1.17. The standard InChI is InChI=1S/C4H6.C4H10.C3H8.C3H4.3C2H6.C2H2/c1-2-4-3-1;1-3-4-2;2*1-3-2;4*1-2/h1-2H,3-4H2;3-4H2,1-2H3;3H2,1-2H3;1H,2H3;3*1-2H3;1-2H. The summed E-state index contributed by atoms with van der Waals surface area (Å²) in [6.07, 6.45) is 23.5. The molecule has 0 amide bonds. The smallest absolute Gasteiger partial charge is 0.00297 e. The van der Waals surface area contributed by atoms with Crippen LogP contribution in [-0.4, -0.2) is 0 Å². The minimum Gasteiger partial charge on any atom is -0.124 e. The van der Waals surface area contributed by atoms with E-state index in [1.54, 1.807) is 6.92 Å². The van der Waals surface area contributed by atoms with Gasteiger partial charge in [-0.05, 0) is 19.8 Å². The highest BCUT2D eigenvalue weighted by Gasteiger charge is 1.81. The number of hydrogen-bond donors (Lipinski definition) is 0. The summed E-state index contributed by atoms with van der Waals surface area (Å²) in [6.45, 7) is 22.3. The molecule has 0 heterocycles. The number of rotatable bonds is 1. The summed E-state index contributed by atoms with van der Waals surface area (Å²) in [4.78, 5) is 0. The van der Waals surface area contributed by atoms with E-state index in [9.17, 15) is 0 Å². The Balaban J connectivity index is -0.0000000240. The zero-order chi connectivity index (χ0) is 19.7. The highest BCUT2D eigenvalue weighted by atomic mass is 13.9. The number of unbranched alkanes of at least 4 members (excludes halogenated alkanes) is 1. The van der Waals surface area contributed by atoms with Crippen molar-refractivity contribution in [3.8, 4) is 25.2 Å². The summed E-state index contributed by atoms with van der Waals surface area (Å²) in [5, 5.41) is 0. The van der Waals surface area contributed by atoms with Crippen LogP contribution in [0.3, 0.4) is 0 Å². The minimum absolute atomic E-state index is 1.25. The van der Waals surface area contributed by atoms with Gasteiger partial charge in [0.15, 0.2) is 0 Å². The van der Waals surface area contributed by atoms with Crippen molar-refractivity contribution in [3.05, 3.63) is 12.2 Å². The topological polar surface area (TPSA) is 0 Å². The van der Waals surface area contributed by atoms with Gasteiger partial charge in [0.2, 0.25) is 0 Å². The van der Waals surface area contributed by atoms with Crippen molar-refractivity contribution >= 4 is 0 Å². The molecule has 1 rings (SSSR count). The summed E-state index contributed by atoms with van der Waals surface area (Å²) in [5.74, 6) is 2.25. The maximum Gasteiger partial charge on any atom is -0.00297 e. The molecule has 0 fully saturated rings. The van der Waals surface area contributed by atoms with Gasteiger partial charge in [-0.25, -0.2) is 0 Å². The maximum absolute atomic E-state index is 4.60. The predicted octanol–water partition coefficient (Wildman–Crippen LogP) is 8.53. The monoisotopic (exact) mass is 312 g/mol. The van der Waals surface area contributed by atoms with Gasteiger partial charge in [0, 0.05) is 0 Å². The molecule has 0 aromatic heterocycles. The summed E-state index contributed by atoms with van der Waals surface area (Å²) in [7, 11) is 0. The molecule has 0 N–H and O–H groups in total. The zero-order valence-corrected chi connectivity index (χ0v) is 17.9. The van der Waals surface area contributed by atoms with E-state index in [2.05, 4.69) is 65.0 Å². The summed E-state index contributed by atoms with van der Waals surface area (Å²) < 4.78 is 0. The summed E-state index contributed by atoms with van der Waals surface area (Å²) in [5.41, 5.74) is 0. The average Bonchev–Trinajstić information content (AvgIpc) is 2.55. The van der Waals surface area contributed by atoms with Crippen LogP contribution >= 0.6 is 0 Å². The van der Waals surface area contributed by atoms with Gasteiger partial charge in [0.25, 0.3) is 0 Å². The largest absolute Gasteiger partial charge is 0.124 e. The van der Waals surface area contributed by atoms with E-state index in [0.29, 0.717) is 0 Å². The van der Waals surface area contributed by atoms with E-state index in [-0.39, 0.29) is 0 Å². The highest BCUT2D eigenvalue weighted by Crippen LogP contribution is 2.01. The quantitative estimate of drug-likeness (QED) is 0.336. The van der Waals surface area contributed by atoms with Crippen LogP contribution in [0, 0.1) is 25.2 Å². The van der Waals surface area contributed by atoms with E-state index in [4.69, 9.17) is 0 Å². The Morgan fingerprint density at radius 3 is 0.818 bits per heavy atom. The van der Waals surface area contributed by atoms with Crippen LogP contribution in [-0.2, 0) is 0 Å². The fourth-order valence-electron chi connectivity index (χ4n) is 0.167. The lowest BCUT2D eigenvalue weighted by Gasteiger charge is -1.92. The molecule has 1 aliphatic rings. The molecule has 0 aromatic carbocycles. The van der Waals surface area contributed by atoms with E-state index >= 15 is 0 Å². The van der Waals surface area contributed by atoms with Crippen LogP contribution in [0.4, 0.5) is 0 Å². The Kier molecular flexibility index (Phi) is 292. The van der Waals surface area contributed by atoms with Crippen molar-refractivity contribution < 1.29 is 0 Å². The van der Waals surface area contributed by atoms with E-state index in [0.717, 1.165) is 0 Å². The van der Waals surface area contributed by atoms with Crippen molar-refractivity contribution in [1.29, 1.82) is 0 Å². The van der Waals surface area contributed by atoms with Crippen LogP contribution < -0.4 is 0 Å². The van der Waals surface area contributed by atoms with Crippen molar-refractivity contribution in [3.63, 3.8) is 0 Å². The van der Waals surface area contributed by atoms with Crippen molar-refractivity contribution in [1.82, 2.24) is 0 Å². The first kappa shape index (κ1) is 42.8. The van der Waals surface area contributed by atoms with Crippen LogP contribution in [0.15, 0.2) is 12.2 Å². The van der Waals surface area contributed by atoms with Crippen LogP contribution in [0.1, 0.15) is 108 Å². The van der Waals surface area contributed by atoms with Crippen molar-refractivity contribution in [2.75, 3.05) is 0 Å². The van der Waals surface area contributed by atoms with Gasteiger partial charge < -0.3 is 0 Å². The molecule has 0 aliphatic heterocycles. The minimum atomic E-state index is 1.25. The molecule has 136 valence electrons. The van der Waals surface area contributed by atoms with E-state index < -0.39 is 0 Å². The van der Waals surface area contributed by atoms with Gasteiger partial charge in [0.1, 0.15) is 0 Å². The van der Waals surface area contributed by atoms with Crippen molar-refractivity contribution in [2.45, 2.75) is 108 Å². The molecule has 0 nitrogen and oxygen atoms in total. The molecule has 1 aliphatic carbocycles. The zero-order valence-electron chi connectivity index (χ0n) is 17.9. The molecule has 0 aromatic rings. The lowest BCUT2D eigenvalue weighted by atomic mass is 10.1. The van der Waals surface area contributed by atoms with Gasteiger partial charge in [-0.15, -0.1) is 25.2 Å². The van der Waals surface area contributed by atoms with Gasteiger partial charge in [0.05, 0.1) is 0 Å². The van der Waals surface area contributed by atoms with Crippen LogP contribution in [0.5, 0.6) is 0 Å². The first-order valence-electron chi connectivity index (χ1n) is 9.10. The van der Waals surface area contributed by atoms with Crippen LogP contribution in [0.2, 0.25) is 0 Å². The van der Waals surface area contributed by atoms with E-state index in [1.807, 2.05) is 41.5 Å². The molecular weight excluding hydrogens is 264 g/mol. The average molecular weight is 313 g/mol. The Morgan fingerprint density at radius 1 is 0.727 bits per heavy atom. The molecule has 22 heavy (non-hydrogen) atoms. The molecular formula is C22H48. The second-order valence-corrected chi connectivity index (χ2v) is 3.04. The molecule has 0 heteroatoms. The van der Waals surface area contributed by atoms with Crippen LogP contribution in [0.25, 0.3) is 0 Å². The second kappa shape index (κ2) is 150. The molecule has 0 bridgehead atoms. The normalized spacial score (nSPS) is 7.09. The number of hydrogen-bond acceptors (Lipinski definition) is 0. The van der Waals surface area contributed by atoms with Crippen molar-refractivity contribution in [2.24, 2.45) is 0 Å². The van der Waals surface area contributed by atoms with Gasteiger partial charge >= 0.3 is 0 Å². The molecule has 0 saturated carbocycles. The molecule has 0 unspecified atom stereocenters. The Labute approximate surface area is 146 Å². The fourth-order valence-corrected chi connectivity index (χ4v) is 0.167. The van der Waals surface area contributed by atoms with Gasteiger partial charge in [-0.2, -0.15) is 0 Å². The fraction of sp³-hybridized carbons (Fsp3) is 0.727. The predicted molar refractivity (Wildman–Crippen MR) is 113 cm³/mol. The van der Waals surface area contributed by atoms with Gasteiger partial charge in [-0.3, -0.25) is 0 Å². The Morgan fingerprint density at radius 2 is 0.818 bits per heavy atom. The number of terminal acetylenes is 2. The molecule has 0 saturated heterocycles.